The number of nitrogens with two attached hydrogens (primary N) is 1. The van der Waals surface area contributed by atoms with Crippen LogP contribution in [0.1, 0.15) is 43.6 Å². The van der Waals surface area contributed by atoms with Crippen molar-refractivity contribution >= 4 is 39.7 Å². The highest BCUT2D eigenvalue weighted by molar-refractivity contribution is 7.17. The standard InChI is InChI=1S/C24H24N4O3S/c1-2-28-13-12-18-19(14-28)32-23(20(18)22(25)30)27-24(31)26-17-10-8-16(9-11-17)21(29)15-6-4-3-5-7-15/h3-11H,2,12-14H2,1H3,(H2,25,30)(H2,26,27,31). The highest BCUT2D eigenvalue weighted by atomic mass is 32.1. The minimum atomic E-state index is -0.536. The summed E-state index contributed by atoms with van der Waals surface area (Å²) >= 11 is 1.39. The molecule has 1 aromatic heterocycles. The van der Waals surface area contributed by atoms with Crippen LogP contribution in [0.5, 0.6) is 0 Å². The number of ketones is 1. The molecule has 2 heterocycles. The Labute approximate surface area is 190 Å². The average molecular weight is 449 g/mol. The van der Waals surface area contributed by atoms with Gasteiger partial charge in [0.25, 0.3) is 5.91 Å². The average Bonchev–Trinajstić information content (AvgIpc) is 3.16. The Balaban J connectivity index is 1.46. The second-order valence-electron chi connectivity index (χ2n) is 7.54. The number of carbonyl (C=O) groups excluding carboxylic acids is 3. The Morgan fingerprint density at radius 3 is 2.34 bits per heavy atom. The zero-order valence-corrected chi connectivity index (χ0v) is 18.5. The van der Waals surface area contributed by atoms with E-state index < -0.39 is 11.9 Å². The number of primary amides is 1. The summed E-state index contributed by atoms with van der Waals surface area (Å²) in [7, 11) is 0. The lowest BCUT2D eigenvalue weighted by Crippen LogP contribution is -2.30. The molecule has 0 spiro atoms. The molecule has 3 amide bonds. The van der Waals surface area contributed by atoms with Gasteiger partial charge < -0.3 is 11.1 Å². The third kappa shape index (κ3) is 4.56. The van der Waals surface area contributed by atoms with Crippen molar-refractivity contribution in [3.63, 3.8) is 0 Å². The van der Waals surface area contributed by atoms with E-state index in [-0.39, 0.29) is 5.78 Å². The summed E-state index contributed by atoms with van der Waals surface area (Å²) in [6, 6.07) is 15.2. The predicted octanol–water partition coefficient (Wildman–Crippen LogP) is 4.10. The molecule has 4 N–H and O–H groups in total. The topological polar surface area (TPSA) is 105 Å². The van der Waals surface area contributed by atoms with Gasteiger partial charge in [0.1, 0.15) is 5.00 Å². The van der Waals surface area contributed by atoms with Gasteiger partial charge in [-0.1, -0.05) is 37.3 Å². The first-order valence-corrected chi connectivity index (χ1v) is 11.2. The molecule has 0 unspecified atom stereocenters. The van der Waals surface area contributed by atoms with Gasteiger partial charge in [-0.2, -0.15) is 0 Å². The SMILES string of the molecule is CCN1CCc2c(sc(NC(=O)Nc3ccc(C(=O)c4ccccc4)cc3)c2C(N)=O)C1. The minimum Gasteiger partial charge on any atom is -0.365 e. The van der Waals surface area contributed by atoms with Crippen LogP contribution in [0, 0.1) is 0 Å². The number of thiophene rings is 1. The molecule has 7 nitrogen and oxygen atoms in total. The lowest BCUT2D eigenvalue weighted by atomic mass is 10.0. The first-order chi connectivity index (χ1) is 15.5. The molecule has 0 bridgehead atoms. The van der Waals surface area contributed by atoms with Crippen LogP contribution in [0.25, 0.3) is 0 Å². The van der Waals surface area contributed by atoms with Crippen LogP contribution in [0.15, 0.2) is 54.6 Å². The lowest BCUT2D eigenvalue weighted by Gasteiger charge is -2.25. The summed E-state index contributed by atoms with van der Waals surface area (Å²) < 4.78 is 0. The van der Waals surface area contributed by atoms with Crippen LogP contribution < -0.4 is 16.4 Å². The van der Waals surface area contributed by atoms with E-state index >= 15 is 0 Å². The number of fused-ring (bicyclic) bond motifs is 1. The molecule has 32 heavy (non-hydrogen) atoms. The molecule has 1 aliphatic rings. The minimum absolute atomic E-state index is 0.0852. The fraction of sp³-hybridized carbons (Fsp3) is 0.208. The van der Waals surface area contributed by atoms with Crippen molar-refractivity contribution in [1.29, 1.82) is 0 Å². The Morgan fingerprint density at radius 2 is 1.69 bits per heavy atom. The third-order valence-electron chi connectivity index (χ3n) is 5.50. The summed E-state index contributed by atoms with van der Waals surface area (Å²) in [5.41, 5.74) is 8.63. The molecule has 0 saturated carbocycles. The molecule has 0 atom stereocenters. The van der Waals surface area contributed by atoms with Gasteiger partial charge in [-0.25, -0.2) is 4.79 Å². The molecule has 0 fully saturated rings. The van der Waals surface area contributed by atoms with E-state index in [1.54, 1.807) is 36.4 Å². The number of carbonyl (C=O) groups is 3. The summed E-state index contributed by atoms with van der Waals surface area (Å²) in [4.78, 5) is 40.5. The van der Waals surface area contributed by atoms with Crippen molar-refractivity contribution in [2.45, 2.75) is 19.9 Å². The molecule has 0 aliphatic carbocycles. The van der Waals surface area contributed by atoms with Gasteiger partial charge >= 0.3 is 6.03 Å². The summed E-state index contributed by atoms with van der Waals surface area (Å²) in [5, 5.41) is 5.99. The molecule has 0 saturated heterocycles. The quantitative estimate of drug-likeness (QED) is 0.494. The van der Waals surface area contributed by atoms with Crippen molar-refractivity contribution in [2.75, 3.05) is 23.7 Å². The lowest BCUT2D eigenvalue weighted by molar-refractivity contribution is 0.0998. The molecule has 1 aliphatic heterocycles. The maximum absolute atomic E-state index is 12.6. The van der Waals surface area contributed by atoms with Gasteiger partial charge in [0, 0.05) is 34.8 Å². The number of hydrogen-bond donors (Lipinski definition) is 3. The highest BCUT2D eigenvalue weighted by Crippen LogP contribution is 2.37. The van der Waals surface area contributed by atoms with Crippen molar-refractivity contribution in [2.24, 2.45) is 5.73 Å². The zero-order valence-electron chi connectivity index (χ0n) is 17.7. The number of rotatable bonds is 6. The van der Waals surface area contributed by atoms with E-state index in [4.69, 9.17) is 5.73 Å². The van der Waals surface area contributed by atoms with Crippen LogP contribution in [0.4, 0.5) is 15.5 Å². The molecular weight excluding hydrogens is 424 g/mol. The molecule has 8 heteroatoms. The number of likely N-dealkylation sites (N-methyl/N-ethyl adjacent to an activating group) is 1. The van der Waals surface area contributed by atoms with E-state index in [1.165, 1.54) is 11.3 Å². The monoisotopic (exact) mass is 448 g/mol. The molecule has 2 aromatic carbocycles. The van der Waals surface area contributed by atoms with Crippen LogP contribution in [0.3, 0.4) is 0 Å². The number of urea groups is 1. The van der Waals surface area contributed by atoms with Gasteiger partial charge in [0.05, 0.1) is 5.56 Å². The second kappa shape index (κ2) is 9.33. The van der Waals surface area contributed by atoms with E-state index in [2.05, 4.69) is 22.5 Å². The largest absolute Gasteiger partial charge is 0.365 e. The van der Waals surface area contributed by atoms with Gasteiger partial charge in [-0.15, -0.1) is 11.3 Å². The Morgan fingerprint density at radius 1 is 1.00 bits per heavy atom. The molecular formula is C24H24N4O3S. The van der Waals surface area contributed by atoms with Crippen molar-refractivity contribution in [1.82, 2.24) is 4.90 Å². The molecule has 0 radical (unpaired) electrons. The molecule has 3 aromatic rings. The molecule has 4 rings (SSSR count). The van der Waals surface area contributed by atoms with Crippen LogP contribution >= 0.6 is 11.3 Å². The maximum Gasteiger partial charge on any atom is 0.324 e. The van der Waals surface area contributed by atoms with E-state index in [9.17, 15) is 14.4 Å². The number of nitrogens with zero attached hydrogens (tertiary/aromatic N) is 1. The number of benzene rings is 2. The van der Waals surface area contributed by atoms with Crippen LogP contribution in [-0.2, 0) is 13.0 Å². The Kier molecular flexibility index (Phi) is 6.34. The van der Waals surface area contributed by atoms with E-state index in [1.807, 2.05) is 18.2 Å². The fourth-order valence-electron chi connectivity index (χ4n) is 3.80. The van der Waals surface area contributed by atoms with Gasteiger partial charge in [0.15, 0.2) is 5.78 Å². The smallest absolute Gasteiger partial charge is 0.324 e. The van der Waals surface area contributed by atoms with Crippen molar-refractivity contribution in [3.05, 3.63) is 81.7 Å². The van der Waals surface area contributed by atoms with E-state index in [0.29, 0.717) is 27.4 Å². The number of amides is 3. The summed E-state index contributed by atoms with van der Waals surface area (Å²) in [6.07, 6.45) is 0.734. The predicted molar refractivity (Wildman–Crippen MR) is 126 cm³/mol. The van der Waals surface area contributed by atoms with Gasteiger partial charge in [-0.05, 0) is 42.8 Å². The third-order valence-corrected chi connectivity index (χ3v) is 6.63. The normalized spacial score (nSPS) is 13.3. The van der Waals surface area contributed by atoms with Crippen LogP contribution in [-0.4, -0.2) is 35.7 Å². The van der Waals surface area contributed by atoms with E-state index in [0.717, 1.165) is 36.5 Å². The molecule has 164 valence electrons. The van der Waals surface area contributed by atoms with Gasteiger partial charge in [0.2, 0.25) is 0 Å². The van der Waals surface area contributed by atoms with Crippen molar-refractivity contribution < 1.29 is 14.4 Å². The van der Waals surface area contributed by atoms with Crippen molar-refractivity contribution in [3.8, 4) is 0 Å². The summed E-state index contributed by atoms with van der Waals surface area (Å²) in [5.74, 6) is -0.621. The highest BCUT2D eigenvalue weighted by Gasteiger charge is 2.27. The number of anilines is 2. The fourth-order valence-corrected chi connectivity index (χ4v) is 5.09. The summed E-state index contributed by atoms with van der Waals surface area (Å²) in [6.45, 7) is 4.63. The maximum atomic E-state index is 12.6. The Bertz CT molecular complexity index is 1160. The second-order valence-corrected chi connectivity index (χ2v) is 8.65. The zero-order chi connectivity index (χ0) is 22.7. The van der Waals surface area contributed by atoms with Crippen LogP contribution in [0.2, 0.25) is 0 Å². The first kappa shape index (κ1) is 21.7. The first-order valence-electron chi connectivity index (χ1n) is 10.4. The number of nitrogens with one attached hydrogen (secondary N) is 2. The van der Waals surface area contributed by atoms with Gasteiger partial charge in [-0.3, -0.25) is 19.8 Å². The Hall–Kier alpha value is -3.49. The number of hydrogen-bond acceptors (Lipinski definition) is 5.